The number of nitrogens with zero attached hydrogens (tertiary/aromatic N) is 2. The van der Waals surface area contributed by atoms with Crippen molar-refractivity contribution in [1.29, 1.82) is 0 Å². The predicted octanol–water partition coefficient (Wildman–Crippen LogP) is 3.28. The standard InChI is InChI=1S/C14H17ClN2OS/c1-2-17(7-8-18)9-11-10-19-14(16-11)12-5-3-4-6-13(12)15/h3-6,10,18H,2,7-9H2,1H3. The smallest absolute Gasteiger partial charge is 0.125 e. The first-order valence-electron chi connectivity index (χ1n) is 6.27. The zero-order valence-corrected chi connectivity index (χ0v) is 12.4. The van der Waals surface area contributed by atoms with Gasteiger partial charge in [0.15, 0.2) is 0 Å². The number of likely N-dealkylation sites (N-methyl/N-ethyl adjacent to an activating group) is 1. The van der Waals surface area contributed by atoms with E-state index in [1.165, 1.54) is 0 Å². The van der Waals surface area contributed by atoms with Gasteiger partial charge in [-0.05, 0) is 12.6 Å². The lowest BCUT2D eigenvalue weighted by Gasteiger charge is -2.17. The van der Waals surface area contributed by atoms with Crippen molar-refractivity contribution in [3.8, 4) is 10.6 Å². The number of hydrogen-bond donors (Lipinski definition) is 1. The second-order valence-electron chi connectivity index (χ2n) is 4.22. The topological polar surface area (TPSA) is 36.4 Å². The first-order chi connectivity index (χ1) is 9.24. The molecule has 0 aliphatic heterocycles. The van der Waals surface area contributed by atoms with Gasteiger partial charge in [-0.1, -0.05) is 36.7 Å². The molecule has 0 aliphatic rings. The Morgan fingerprint density at radius 3 is 2.84 bits per heavy atom. The van der Waals surface area contributed by atoms with Gasteiger partial charge >= 0.3 is 0 Å². The Hall–Kier alpha value is -0.940. The van der Waals surface area contributed by atoms with Gasteiger partial charge in [0.2, 0.25) is 0 Å². The molecule has 0 fully saturated rings. The SMILES string of the molecule is CCN(CCO)Cc1csc(-c2ccccc2Cl)n1. The van der Waals surface area contributed by atoms with Gasteiger partial charge in [-0.25, -0.2) is 4.98 Å². The van der Waals surface area contributed by atoms with Crippen molar-refractivity contribution < 1.29 is 5.11 Å². The largest absolute Gasteiger partial charge is 0.395 e. The maximum Gasteiger partial charge on any atom is 0.125 e. The van der Waals surface area contributed by atoms with E-state index in [-0.39, 0.29) is 6.61 Å². The second kappa shape index (κ2) is 7.01. The minimum absolute atomic E-state index is 0.176. The van der Waals surface area contributed by atoms with Crippen molar-refractivity contribution >= 4 is 22.9 Å². The second-order valence-corrected chi connectivity index (χ2v) is 5.48. The minimum Gasteiger partial charge on any atom is -0.395 e. The highest BCUT2D eigenvalue weighted by Crippen LogP contribution is 2.30. The van der Waals surface area contributed by atoms with Gasteiger partial charge in [0.25, 0.3) is 0 Å². The average Bonchev–Trinajstić information content (AvgIpc) is 2.87. The van der Waals surface area contributed by atoms with Gasteiger partial charge in [0.05, 0.1) is 17.3 Å². The number of aliphatic hydroxyl groups is 1. The lowest BCUT2D eigenvalue weighted by Crippen LogP contribution is -2.26. The molecule has 1 aromatic heterocycles. The molecule has 1 heterocycles. The number of benzene rings is 1. The molecular formula is C14H17ClN2OS. The maximum atomic E-state index is 8.99. The van der Waals surface area contributed by atoms with Crippen molar-refractivity contribution in [3.05, 3.63) is 40.4 Å². The molecule has 0 amide bonds. The normalized spacial score (nSPS) is 11.2. The van der Waals surface area contributed by atoms with Crippen LogP contribution in [0, 0.1) is 0 Å². The fourth-order valence-corrected chi connectivity index (χ4v) is 2.99. The molecule has 2 rings (SSSR count). The Morgan fingerprint density at radius 2 is 2.16 bits per heavy atom. The Balaban J connectivity index is 2.13. The first-order valence-corrected chi connectivity index (χ1v) is 7.53. The zero-order chi connectivity index (χ0) is 13.7. The predicted molar refractivity (Wildman–Crippen MR) is 80.6 cm³/mol. The van der Waals surface area contributed by atoms with Crippen LogP contribution >= 0.6 is 22.9 Å². The summed E-state index contributed by atoms with van der Waals surface area (Å²) in [5, 5.41) is 12.7. The number of hydrogen-bond acceptors (Lipinski definition) is 4. The molecule has 2 aromatic rings. The molecule has 3 nitrogen and oxygen atoms in total. The number of thiazole rings is 1. The summed E-state index contributed by atoms with van der Waals surface area (Å²) >= 11 is 7.78. The van der Waals surface area contributed by atoms with Gasteiger partial charge in [-0.3, -0.25) is 4.90 Å². The van der Waals surface area contributed by atoms with Gasteiger partial charge in [0, 0.05) is 24.0 Å². The van der Waals surface area contributed by atoms with Gasteiger partial charge in [-0.15, -0.1) is 11.3 Å². The lowest BCUT2D eigenvalue weighted by molar-refractivity contribution is 0.195. The third kappa shape index (κ3) is 3.76. The molecular weight excluding hydrogens is 280 g/mol. The third-order valence-corrected chi connectivity index (χ3v) is 4.16. The molecule has 0 saturated heterocycles. The Labute approximate surface area is 122 Å². The van der Waals surface area contributed by atoms with Gasteiger partial charge in [-0.2, -0.15) is 0 Å². The zero-order valence-electron chi connectivity index (χ0n) is 10.8. The number of halogens is 1. The van der Waals surface area contributed by atoms with Crippen LogP contribution in [0.2, 0.25) is 5.02 Å². The highest BCUT2D eigenvalue weighted by Gasteiger charge is 2.10. The van der Waals surface area contributed by atoms with Crippen molar-refractivity contribution in [1.82, 2.24) is 9.88 Å². The summed E-state index contributed by atoms with van der Waals surface area (Å²) in [7, 11) is 0. The van der Waals surface area contributed by atoms with E-state index in [4.69, 9.17) is 16.7 Å². The van der Waals surface area contributed by atoms with Crippen LogP contribution in [0.1, 0.15) is 12.6 Å². The lowest BCUT2D eigenvalue weighted by atomic mass is 10.2. The third-order valence-electron chi connectivity index (χ3n) is 2.91. The maximum absolute atomic E-state index is 8.99. The number of rotatable bonds is 6. The fourth-order valence-electron chi connectivity index (χ4n) is 1.86. The van der Waals surface area contributed by atoms with Gasteiger partial charge in [0.1, 0.15) is 5.01 Å². The summed E-state index contributed by atoms with van der Waals surface area (Å²) in [4.78, 5) is 6.78. The van der Waals surface area contributed by atoms with E-state index in [9.17, 15) is 0 Å². The van der Waals surface area contributed by atoms with Crippen molar-refractivity contribution in [3.63, 3.8) is 0 Å². The van der Waals surface area contributed by atoms with Crippen LogP contribution in [0.3, 0.4) is 0 Å². The Bertz CT molecular complexity index is 530. The molecule has 1 N–H and O–H groups in total. The Kier molecular flexibility index (Phi) is 5.34. The van der Waals surface area contributed by atoms with E-state index in [1.807, 2.05) is 24.3 Å². The quantitative estimate of drug-likeness (QED) is 0.889. The summed E-state index contributed by atoms with van der Waals surface area (Å²) in [5.74, 6) is 0. The molecule has 0 bridgehead atoms. The van der Waals surface area contributed by atoms with E-state index < -0.39 is 0 Å². The van der Waals surface area contributed by atoms with E-state index in [0.29, 0.717) is 6.54 Å². The first kappa shape index (κ1) is 14.5. The molecule has 0 unspecified atom stereocenters. The van der Waals surface area contributed by atoms with Crippen LogP contribution in [0.5, 0.6) is 0 Å². The Morgan fingerprint density at radius 1 is 1.37 bits per heavy atom. The molecule has 1 aromatic carbocycles. The van der Waals surface area contributed by atoms with Crippen molar-refractivity contribution in [2.45, 2.75) is 13.5 Å². The number of aromatic nitrogens is 1. The highest BCUT2D eigenvalue weighted by molar-refractivity contribution is 7.13. The molecule has 5 heteroatoms. The van der Waals surface area contributed by atoms with Crippen LogP contribution in [0.4, 0.5) is 0 Å². The van der Waals surface area contributed by atoms with E-state index in [1.54, 1.807) is 11.3 Å². The highest BCUT2D eigenvalue weighted by atomic mass is 35.5. The van der Waals surface area contributed by atoms with Crippen molar-refractivity contribution in [2.75, 3.05) is 19.7 Å². The minimum atomic E-state index is 0.176. The van der Waals surface area contributed by atoms with Crippen LogP contribution in [0.25, 0.3) is 10.6 Å². The molecule has 0 aliphatic carbocycles. The summed E-state index contributed by atoms with van der Waals surface area (Å²) in [5.41, 5.74) is 2.00. The summed E-state index contributed by atoms with van der Waals surface area (Å²) in [6, 6.07) is 7.74. The van der Waals surface area contributed by atoms with Crippen LogP contribution in [0.15, 0.2) is 29.6 Å². The molecule has 0 spiro atoms. The average molecular weight is 297 g/mol. The molecule has 0 radical (unpaired) electrons. The monoisotopic (exact) mass is 296 g/mol. The van der Waals surface area contributed by atoms with Gasteiger partial charge < -0.3 is 5.11 Å². The molecule has 19 heavy (non-hydrogen) atoms. The summed E-state index contributed by atoms with van der Waals surface area (Å²) in [6.45, 7) is 4.60. The number of aliphatic hydroxyl groups excluding tert-OH is 1. The molecule has 102 valence electrons. The fraction of sp³-hybridized carbons (Fsp3) is 0.357. The van der Waals surface area contributed by atoms with E-state index in [2.05, 4.69) is 22.2 Å². The summed E-state index contributed by atoms with van der Waals surface area (Å²) in [6.07, 6.45) is 0. The molecule has 0 atom stereocenters. The molecule has 0 saturated carbocycles. The summed E-state index contributed by atoms with van der Waals surface area (Å²) < 4.78 is 0. The van der Waals surface area contributed by atoms with Crippen LogP contribution < -0.4 is 0 Å². The van der Waals surface area contributed by atoms with Crippen LogP contribution in [-0.2, 0) is 6.54 Å². The van der Waals surface area contributed by atoms with E-state index >= 15 is 0 Å². The van der Waals surface area contributed by atoms with Crippen LogP contribution in [-0.4, -0.2) is 34.7 Å². The van der Waals surface area contributed by atoms with E-state index in [0.717, 1.165) is 34.4 Å². The van der Waals surface area contributed by atoms with Crippen molar-refractivity contribution in [2.24, 2.45) is 0 Å².